The van der Waals surface area contributed by atoms with Crippen LogP contribution in [0.25, 0.3) is 21.8 Å². The molecular weight excluding hydrogens is 272 g/mol. The zero-order chi connectivity index (χ0) is 14.9. The van der Waals surface area contributed by atoms with Gasteiger partial charge in [-0.3, -0.25) is 0 Å². The molecule has 4 rings (SSSR count). The first-order chi connectivity index (χ1) is 10.8. The van der Waals surface area contributed by atoms with Gasteiger partial charge in [0.25, 0.3) is 0 Å². The fraction of sp³-hybridized carbons (Fsp3) is 0. The van der Waals surface area contributed by atoms with Crippen molar-refractivity contribution in [2.24, 2.45) is 0 Å². The van der Waals surface area contributed by atoms with Crippen LogP contribution in [0.1, 0.15) is 0 Å². The van der Waals surface area contributed by atoms with Crippen LogP contribution in [0.3, 0.4) is 0 Å². The first-order valence-electron chi connectivity index (χ1n) is 7.12. The molecule has 0 radical (unpaired) electrons. The molecule has 0 unspecified atom stereocenters. The molecule has 4 aromatic rings. The molecule has 0 aliphatic carbocycles. The molecule has 3 aromatic carbocycles. The van der Waals surface area contributed by atoms with Gasteiger partial charge < -0.3 is 10.5 Å². The zero-order valence-electron chi connectivity index (χ0n) is 11.9. The topological polar surface area (TPSA) is 48.1 Å². The average molecular weight is 286 g/mol. The molecule has 1 heterocycles. The number of rotatable bonds is 2. The Morgan fingerprint density at radius 1 is 0.727 bits per heavy atom. The molecule has 2 N–H and O–H groups in total. The van der Waals surface area contributed by atoms with Gasteiger partial charge in [-0.2, -0.15) is 0 Å². The maximum absolute atomic E-state index is 6.16. The van der Waals surface area contributed by atoms with E-state index in [1.165, 1.54) is 0 Å². The molecule has 3 nitrogen and oxygen atoms in total. The summed E-state index contributed by atoms with van der Waals surface area (Å²) in [5.74, 6) is 1.58. The minimum atomic E-state index is 0.697. The van der Waals surface area contributed by atoms with E-state index in [1.54, 1.807) is 0 Å². The molecule has 1 aromatic heterocycles. The number of ether oxygens (including phenoxy) is 1. The largest absolute Gasteiger partial charge is 0.456 e. The summed E-state index contributed by atoms with van der Waals surface area (Å²) >= 11 is 0. The first kappa shape index (κ1) is 12.7. The molecule has 0 aliphatic rings. The number of nitrogens with zero attached hydrogens (tertiary/aromatic N) is 1. The number of benzene rings is 3. The van der Waals surface area contributed by atoms with Crippen molar-refractivity contribution >= 4 is 27.5 Å². The van der Waals surface area contributed by atoms with Gasteiger partial charge in [0.2, 0.25) is 0 Å². The highest BCUT2D eigenvalue weighted by molar-refractivity contribution is 6.02. The molecule has 0 amide bonds. The Hall–Kier alpha value is -3.07. The third-order valence-electron chi connectivity index (χ3n) is 3.62. The van der Waals surface area contributed by atoms with Gasteiger partial charge in [0.15, 0.2) is 0 Å². The number of anilines is 1. The Kier molecular flexibility index (Phi) is 2.90. The summed E-state index contributed by atoms with van der Waals surface area (Å²) in [6.45, 7) is 0. The Balaban J connectivity index is 2.04. The Bertz CT molecular complexity index is 965. The maximum Gasteiger partial charge on any atom is 0.146 e. The van der Waals surface area contributed by atoms with Crippen molar-refractivity contribution in [1.29, 1.82) is 0 Å². The number of nitrogen functional groups attached to an aromatic ring is 1. The molecule has 0 fully saturated rings. The van der Waals surface area contributed by atoms with Gasteiger partial charge >= 0.3 is 0 Å². The normalized spacial score (nSPS) is 10.9. The predicted octanol–water partition coefficient (Wildman–Crippen LogP) is 4.76. The molecule has 0 spiro atoms. The van der Waals surface area contributed by atoms with E-state index in [1.807, 2.05) is 72.8 Å². The molecular formula is C19H14N2O. The Morgan fingerprint density at radius 2 is 1.45 bits per heavy atom. The van der Waals surface area contributed by atoms with Gasteiger partial charge in [-0.1, -0.05) is 30.3 Å². The van der Waals surface area contributed by atoms with Crippen molar-refractivity contribution in [2.45, 2.75) is 0 Å². The third kappa shape index (κ3) is 2.13. The predicted molar refractivity (Wildman–Crippen MR) is 90.2 cm³/mol. The standard InChI is InChI=1S/C19H14N2O/c20-13-10-11-18-16(12-13)19(22-14-6-2-1-3-7-14)15-8-4-5-9-17(15)21-18/h1-12H,20H2. The van der Waals surface area contributed by atoms with Crippen molar-refractivity contribution in [1.82, 2.24) is 4.98 Å². The highest BCUT2D eigenvalue weighted by atomic mass is 16.5. The van der Waals surface area contributed by atoms with Gasteiger partial charge in [-0.15, -0.1) is 0 Å². The molecule has 0 saturated heterocycles. The maximum atomic E-state index is 6.16. The summed E-state index contributed by atoms with van der Waals surface area (Å²) in [4.78, 5) is 4.69. The lowest BCUT2D eigenvalue weighted by molar-refractivity contribution is 0.493. The summed E-state index contributed by atoms with van der Waals surface area (Å²) < 4.78 is 6.16. The van der Waals surface area contributed by atoms with E-state index in [2.05, 4.69) is 4.98 Å². The monoisotopic (exact) mass is 286 g/mol. The van der Waals surface area contributed by atoms with E-state index in [0.717, 1.165) is 33.3 Å². The van der Waals surface area contributed by atoms with Crippen molar-refractivity contribution < 1.29 is 4.74 Å². The fourth-order valence-electron chi connectivity index (χ4n) is 2.59. The number of hydrogen-bond donors (Lipinski definition) is 1. The zero-order valence-corrected chi connectivity index (χ0v) is 11.9. The van der Waals surface area contributed by atoms with Gasteiger partial charge in [0.1, 0.15) is 11.5 Å². The summed E-state index contributed by atoms with van der Waals surface area (Å²) in [5.41, 5.74) is 8.43. The van der Waals surface area contributed by atoms with Crippen LogP contribution in [-0.4, -0.2) is 4.98 Å². The van der Waals surface area contributed by atoms with E-state index < -0.39 is 0 Å². The number of para-hydroxylation sites is 2. The van der Waals surface area contributed by atoms with Crippen LogP contribution in [0.5, 0.6) is 11.5 Å². The van der Waals surface area contributed by atoms with Crippen molar-refractivity contribution in [3.63, 3.8) is 0 Å². The highest BCUT2D eigenvalue weighted by Crippen LogP contribution is 2.36. The van der Waals surface area contributed by atoms with E-state index in [9.17, 15) is 0 Å². The highest BCUT2D eigenvalue weighted by Gasteiger charge is 2.11. The van der Waals surface area contributed by atoms with E-state index >= 15 is 0 Å². The minimum absolute atomic E-state index is 0.697. The second-order valence-corrected chi connectivity index (χ2v) is 5.15. The number of hydrogen-bond acceptors (Lipinski definition) is 3. The van der Waals surface area contributed by atoms with Crippen LogP contribution < -0.4 is 10.5 Å². The summed E-state index contributed by atoms with van der Waals surface area (Å²) in [6, 6.07) is 23.4. The van der Waals surface area contributed by atoms with E-state index in [0.29, 0.717) is 5.69 Å². The van der Waals surface area contributed by atoms with E-state index in [-0.39, 0.29) is 0 Å². The molecule has 0 saturated carbocycles. The molecule has 0 aliphatic heterocycles. The van der Waals surface area contributed by atoms with Crippen LogP contribution in [0.2, 0.25) is 0 Å². The summed E-state index contributed by atoms with van der Waals surface area (Å²) in [5, 5.41) is 1.90. The Labute approximate surface area is 128 Å². The summed E-state index contributed by atoms with van der Waals surface area (Å²) in [7, 11) is 0. The van der Waals surface area contributed by atoms with Crippen LogP contribution in [0.4, 0.5) is 5.69 Å². The van der Waals surface area contributed by atoms with Crippen molar-refractivity contribution in [2.75, 3.05) is 5.73 Å². The summed E-state index contributed by atoms with van der Waals surface area (Å²) in [6.07, 6.45) is 0. The number of aromatic nitrogens is 1. The van der Waals surface area contributed by atoms with Crippen LogP contribution >= 0.6 is 0 Å². The molecule has 0 bridgehead atoms. The van der Waals surface area contributed by atoms with Gasteiger partial charge in [0, 0.05) is 16.5 Å². The van der Waals surface area contributed by atoms with Gasteiger partial charge in [0.05, 0.1) is 11.0 Å². The van der Waals surface area contributed by atoms with Gasteiger partial charge in [-0.25, -0.2) is 4.98 Å². The van der Waals surface area contributed by atoms with Crippen LogP contribution in [0, 0.1) is 0 Å². The number of nitrogens with two attached hydrogens (primary N) is 1. The quantitative estimate of drug-likeness (QED) is 0.427. The lowest BCUT2D eigenvalue weighted by atomic mass is 10.1. The van der Waals surface area contributed by atoms with Gasteiger partial charge in [-0.05, 0) is 42.5 Å². The van der Waals surface area contributed by atoms with Crippen molar-refractivity contribution in [3.8, 4) is 11.5 Å². The first-order valence-corrected chi connectivity index (χ1v) is 7.12. The van der Waals surface area contributed by atoms with E-state index in [4.69, 9.17) is 10.5 Å². The smallest absolute Gasteiger partial charge is 0.146 e. The van der Waals surface area contributed by atoms with Crippen LogP contribution in [-0.2, 0) is 0 Å². The third-order valence-corrected chi connectivity index (χ3v) is 3.62. The number of fused-ring (bicyclic) bond motifs is 2. The lowest BCUT2D eigenvalue weighted by Gasteiger charge is -2.12. The molecule has 3 heteroatoms. The molecule has 0 atom stereocenters. The van der Waals surface area contributed by atoms with Crippen molar-refractivity contribution in [3.05, 3.63) is 72.8 Å². The fourth-order valence-corrected chi connectivity index (χ4v) is 2.59. The van der Waals surface area contributed by atoms with Crippen LogP contribution in [0.15, 0.2) is 72.8 Å². The second-order valence-electron chi connectivity index (χ2n) is 5.15. The average Bonchev–Trinajstić information content (AvgIpc) is 2.56. The molecule has 106 valence electrons. The lowest BCUT2D eigenvalue weighted by Crippen LogP contribution is -1.92. The number of pyridine rings is 1. The Morgan fingerprint density at radius 3 is 2.32 bits per heavy atom. The SMILES string of the molecule is Nc1ccc2nc3ccccc3c(Oc3ccccc3)c2c1. The molecule has 22 heavy (non-hydrogen) atoms. The minimum Gasteiger partial charge on any atom is -0.456 e. The second kappa shape index (κ2) is 5.04.